The molecule has 1 unspecified atom stereocenters. The number of benzene rings is 3. The summed E-state index contributed by atoms with van der Waals surface area (Å²) in [7, 11) is -2.56. The van der Waals surface area contributed by atoms with Crippen LogP contribution in [0.15, 0.2) is 76.1 Å². The Morgan fingerprint density at radius 1 is 1.14 bits per heavy atom. The maximum atomic E-state index is 13.8. The summed E-state index contributed by atoms with van der Waals surface area (Å²) in [6.07, 6.45) is 0.554. The van der Waals surface area contributed by atoms with E-state index in [1.54, 1.807) is 18.2 Å². The molecule has 9 heteroatoms. The highest BCUT2D eigenvalue weighted by Crippen LogP contribution is 2.39. The number of hydrogen-bond donors (Lipinski definition) is 1. The lowest BCUT2D eigenvalue weighted by Gasteiger charge is -2.38. The summed E-state index contributed by atoms with van der Waals surface area (Å²) in [5.41, 5.74) is 1.77. The molecular weight excluding hydrogens is 544 g/mol. The fraction of sp³-hybridized carbons (Fsp3) is 0.296. The predicted molar refractivity (Wildman–Crippen MR) is 143 cm³/mol. The Morgan fingerprint density at radius 3 is 2.50 bits per heavy atom. The molecule has 1 heterocycles. The Bertz CT molecular complexity index is 1370. The van der Waals surface area contributed by atoms with E-state index in [4.69, 9.17) is 9.47 Å². The minimum absolute atomic E-state index is 0.0427. The van der Waals surface area contributed by atoms with E-state index >= 15 is 0 Å². The van der Waals surface area contributed by atoms with Crippen molar-refractivity contribution in [3.05, 3.63) is 82.3 Å². The first-order valence-corrected chi connectivity index (χ1v) is 13.7. The first-order chi connectivity index (χ1) is 17.0. The molecule has 0 aliphatic carbocycles. The number of ether oxygens (including phenoxy) is 2. The molecule has 0 saturated carbocycles. The minimum Gasteiger partial charge on any atom is -0.496 e. The average Bonchev–Trinajstić information content (AvgIpc) is 2.82. The molecule has 3 aromatic rings. The van der Waals surface area contributed by atoms with Crippen LogP contribution in [0.5, 0.6) is 11.5 Å². The maximum Gasteiger partial charge on any atom is 0.264 e. The molecular formula is C27H29BrN2O5S. The second kappa shape index (κ2) is 10.1. The van der Waals surface area contributed by atoms with Gasteiger partial charge in [-0.05, 0) is 73.1 Å². The average molecular weight is 574 g/mol. The van der Waals surface area contributed by atoms with Crippen LogP contribution in [0.1, 0.15) is 37.4 Å². The molecule has 190 valence electrons. The monoisotopic (exact) mass is 572 g/mol. The maximum absolute atomic E-state index is 13.8. The molecule has 3 aromatic carbocycles. The van der Waals surface area contributed by atoms with Crippen molar-refractivity contribution in [2.45, 2.75) is 43.7 Å². The second-order valence-electron chi connectivity index (χ2n) is 9.37. The lowest BCUT2D eigenvalue weighted by atomic mass is 9.89. The van der Waals surface area contributed by atoms with Crippen LogP contribution in [0.2, 0.25) is 0 Å². The van der Waals surface area contributed by atoms with Crippen LogP contribution in [-0.4, -0.2) is 33.6 Å². The van der Waals surface area contributed by atoms with Crippen LogP contribution >= 0.6 is 15.9 Å². The van der Waals surface area contributed by atoms with E-state index in [2.05, 4.69) is 21.2 Å². The Labute approximate surface area is 220 Å². The number of fused-ring (bicyclic) bond motifs is 1. The van der Waals surface area contributed by atoms with Gasteiger partial charge in [-0.2, -0.15) is 0 Å². The highest BCUT2D eigenvalue weighted by Gasteiger charge is 2.35. The normalized spacial score (nSPS) is 16.4. The third-order valence-corrected chi connectivity index (χ3v) is 8.42. The summed E-state index contributed by atoms with van der Waals surface area (Å²) in [5, 5.41) is 3.04. The third kappa shape index (κ3) is 5.52. The van der Waals surface area contributed by atoms with Gasteiger partial charge in [0.15, 0.2) is 0 Å². The van der Waals surface area contributed by atoms with Crippen molar-refractivity contribution in [1.29, 1.82) is 0 Å². The second-order valence-corrected chi connectivity index (χ2v) is 12.1. The summed E-state index contributed by atoms with van der Waals surface area (Å²) < 4.78 is 40.5. The molecule has 1 amide bonds. The predicted octanol–water partition coefficient (Wildman–Crippen LogP) is 5.38. The topological polar surface area (TPSA) is 84.9 Å². The van der Waals surface area contributed by atoms with Gasteiger partial charge in [0.1, 0.15) is 23.6 Å². The number of halogens is 1. The van der Waals surface area contributed by atoms with Gasteiger partial charge in [-0.1, -0.05) is 35.9 Å². The van der Waals surface area contributed by atoms with Crippen molar-refractivity contribution < 1.29 is 22.7 Å². The number of rotatable bonds is 7. The zero-order valence-electron chi connectivity index (χ0n) is 20.6. The van der Waals surface area contributed by atoms with Gasteiger partial charge in [0, 0.05) is 12.0 Å². The molecule has 0 aromatic heterocycles. The number of methoxy groups -OCH3 is 1. The molecule has 0 saturated heterocycles. The SMILES string of the molecule is COc1ccc(S(=O)(=O)N(CC(=O)NC2CC(C)(C)Oc3ccccc32)c2ccc(C)cc2)cc1Br. The number of carbonyl (C=O) groups excluding carboxylic acids is 1. The zero-order chi connectivity index (χ0) is 26.1. The Morgan fingerprint density at radius 2 is 1.83 bits per heavy atom. The summed E-state index contributed by atoms with van der Waals surface area (Å²) in [6, 6.07) is 18.8. The molecule has 1 aliphatic rings. The van der Waals surface area contributed by atoms with Gasteiger partial charge in [-0.3, -0.25) is 9.10 Å². The molecule has 36 heavy (non-hydrogen) atoms. The fourth-order valence-corrected chi connectivity index (χ4v) is 6.40. The number of hydrogen-bond acceptors (Lipinski definition) is 5. The summed E-state index contributed by atoms with van der Waals surface area (Å²) in [4.78, 5) is 13.4. The van der Waals surface area contributed by atoms with Crippen molar-refractivity contribution in [2.75, 3.05) is 18.0 Å². The number of anilines is 1. The number of aryl methyl sites for hydroxylation is 1. The van der Waals surface area contributed by atoms with Crippen LogP contribution in [0.25, 0.3) is 0 Å². The van der Waals surface area contributed by atoms with Crippen molar-refractivity contribution in [2.24, 2.45) is 0 Å². The smallest absolute Gasteiger partial charge is 0.264 e. The number of sulfonamides is 1. The van der Waals surface area contributed by atoms with E-state index in [1.807, 2.05) is 57.2 Å². The van der Waals surface area contributed by atoms with E-state index in [-0.39, 0.29) is 17.5 Å². The molecule has 1 aliphatic heterocycles. The van der Waals surface area contributed by atoms with E-state index < -0.39 is 21.5 Å². The summed E-state index contributed by atoms with van der Waals surface area (Å²) in [6.45, 7) is 5.47. The minimum atomic E-state index is -4.07. The Hall–Kier alpha value is -3.04. The van der Waals surface area contributed by atoms with Crippen molar-refractivity contribution in [3.8, 4) is 11.5 Å². The van der Waals surface area contributed by atoms with E-state index in [9.17, 15) is 13.2 Å². The van der Waals surface area contributed by atoms with Crippen molar-refractivity contribution in [3.63, 3.8) is 0 Å². The molecule has 0 bridgehead atoms. The quantitative estimate of drug-likeness (QED) is 0.411. The Kier molecular flexibility index (Phi) is 7.33. The molecule has 1 atom stereocenters. The van der Waals surface area contributed by atoms with Crippen LogP contribution in [-0.2, 0) is 14.8 Å². The number of nitrogens with one attached hydrogen (secondary N) is 1. The van der Waals surface area contributed by atoms with E-state index in [0.717, 1.165) is 15.4 Å². The van der Waals surface area contributed by atoms with E-state index in [0.29, 0.717) is 28.1 Å². The molecule has 0 fully saturated rings. The Balaban J connectivity index is 1.66. The first-order valence-electron chi connectivity index (χ1n) is 11.5. The molecule has 1 N–H and O–H groups in total. The fourth-order valence-electron chi connectivity index (χ4n) is 4.26. The lowest BCUT2D eigenvalue weighted by molar-refractivity contribution is -0.120. The van der Waals surface area contributed by atoms with Gasteiger partial charge < -0.3 is 14.8 Å². The first kappa shape index (κ1) is 26.0. The highest BCUT2D eigenvalue weighted by atomic mass is 79.9. The molecule has 0 spiro atoms. The van der Waals surface area contributed by atoms with Crippen LogP contribution in [0.3, 0.4) is 0 Å². The third-order valence-electron chi connectivity index (χ3n) is 6.03. The summed E-state index contributed by atoms with van der Waals surface area (Å²) >= 11 is 3.36. The molecule has 7 nitrogen and oxygen atoms in total. The largest absolute Gasteiger partial charge is 0.496 e. The number of carbonyl (C=O) groups is 1. The molecule has 0 radical (unpaired) electrons. The summed E-state index contributed by atoms with van der Waals surface area (Å²) in [5.74, 6) is 0.809. The van der Waals surface area contributed by atoms with Crippen LogP contribution in [0.4, 0.5) is 5.69 Å². The van der Waals surface area contributed by atoms with Gasteiger partial charge in [-0.25, -0.2) is 8.42 Å². The van der Waals surface area contributed by atoms with Gasteiger partial charge in [0.2, 0.25) is 5.91 Å². The standard InChI is InChI=1S/C27H29BrN2O5S/c1-18-9-11-19(12-10-18)30(36(32,33)20-13-14-25(34-4)22(28)15-20)17-26(31)29-23-16-27(2,3)35-24-8-6-5-7-21(23)24/h5-15,23H,16-17H2,1-4H3,(H,29,31). The van der Waals surface area contributed by atoms with Crippen molar-refractivity contribution in [1.82, 2.24) is 5.32 Å². The molecule has 4 rings (SSSR count). The number of para-hydroxylation sites is 1. The van der Waals surface area contributed by atoms with Gasteiger partial charge in [0.25, 0.3) is 10.0 Å². The van der Waals surface area contributed by atoms with E-state index in [1.165, 1.54) is 19.2 Å². The lowest BCUT2D eigenvalue weighted by Crippen LogP contribution is -2.45. The van der Waals surface area contributed by atoms with Gasteiger partial charge in [0.05, 0.1) is 28.2 Å². The highest BCUT2D eigenvalue weighted by molar-refractivity contribution is 9.10. The van der Waals surface area contributed by atoms with Gasteiger partial charge in [-0.15, -0.1) is 0 Å². The van der Waals surface area contributed by atoms with Gasteiger partial charge >= 0.3 is 0 Å². The van der Waals surface area contributed by atoms with Crippen LogP contribution in [0, 0.1) is 6.92 Å². The number of nitrogens with zero attached hydrogens (tertiary/aromatic N) is 1. The van der Waals surface area contributed by atoms with Crippen LogP contribution < -0.4 is 19.1 Å². The number of amides is 1. The zero-order valence-corrected chi connectivity index (χ0v) is 23.0. The van der Waals surface area contributed by atoms with Crippen molar-refractivity contribution >= 4 is 37.5 Å².